The quantitative estimate of drug-likeness (QED) is 0.564. The van der Waals surface area contributed by atoms with Crippen molar-refractivity contribution in [2.75, 3.05) is 0 Å². The molecule has 1 rings (SSSR count). The highest BCUT2D eigenvalue weighted by Crippen LogP contribution is 2.30. The fourth-order valence-corrected chi connectivity index (χ4v) is 2.08. The molecule has 0 aromatic heterocycles. The second-order valence-corrected chi connectivity index (χ2v) is 4.55. The second-order valence-electron chi connectivity index (χ2n) is 4.03. The molecule has 0 aliphatic rings. The molecule has 0 heterocycles. The molecular weight excluding hydrogens is 208 g/mol. The van der Waals surface area contributed by atoms with Gasteiger partial charge in [-0.15, -0.1) is 11.6 Å². The summed E-state index contributed by atoms with van der Waals surface area (Å²) in [6, 6.07) is 2.10. The molecule has 1 atom stereocenters. The summed E-state index contributed by atoms with van der Waals surface area (Å²) in [5.41, 5.74) is 6.13. The maximum Gasteiger partial charge on any atom is 0.121 e. The lowest BCUT2D eigenvalue weighted by molar-refractivity contribution is -0.107. The van der Waals surface area contributed by atoms with Crippen molar-refractivity contribution in [3.8, 4) is 0 Å². The highest BCUT2D eigenvalue weighted by molar-refractivity contribution is 6.21. The number of hydrogen-bond donors (Lipinski definition) is 0. The zero-order chi connectivity index (χ0) is 11.6. The van der Waals surface area contributed by atoms with Crippen LogP contribution in [0.3, 0.4) is 0 Å². The van der Waals surface area contributed by atoms with E-state index in [9.17, 15) is 4.79 Å². The van der Waals surface area contributed by atoms with E-state index in [1.54, 1.807) is 0 Å². The first-order valence-corrected chi connectivity index (χ1v) is 5.57. The third-order valence-corrected chi connectivity index (χ3v) is 3.58. The molecule has 0 saturated carbocycles. The zero-order valence-corrected chi connectivity index (χ0v) is 10.5. The van der Waals surface area contributed by atoms with Crippen LogP contribution in [-0.4, -0.2) is 6.29 Å². The van der Waals surface area contributed by atoms with Crippen LogP contribution in [0, 0.1) is 27.7 Å². The van der Waals surface area contributed by atoms with Crippen LogP contribution in [0.4, 0.5) is 0 Å². The van der Waals surface area contributed by atoms with Crippen LogP contribution in [0.5, 0.6) is 0 Å². The summed E-state index contributed by atoms with van der Waals surface area (Å²) in [7, 11) is 0. The Morgan fingerprint density at radius 1 is 1.20 bits per heavy atom. The number of halogens is 1. The molecule has 1 unspecified atom stereocenters. The Labute approximate surface area is 96.5 Å². The van der Waals surface area contributed by atoms with E-state index in [1.807, 2.05) is 0 Å². The lowest BCUT2D eigenvalue weighted by Gasteiger charge is -2.16. The number of carbonyl (C=O) groups excluding carboxylic acids is 1. The van der Waals surface area contributed by atoms with Crippen molar-refractivity contribution < 1.29 is 4.79 Å². The molecule has 1 aromatic rings. The maximum atomic E-state index is 10.5. The molecule has 2 heteroatoms. The molecule has 1 nitrogen and oxygen atoms in total. The van der Waals surface area contributed by atoms with Crippen LogP contribution in [0.1, 0.15) is 39.6 Å². The average molecular weight is 225 g/mol. The van der Waals surface area contributed by atoms with E-state index in [-0.39, 0.29) is 5.38 Å². The van der Waals surface area contributed by atoms with Crippen molar-refractivity contribution in [3.63, 3.8) is 0 Å². The van der Waals surface area contributed by atoms with Gasteiger partial charge in [0, 0.05) is 6.42 Å². The standard InChI is InChI=1S/C13H17ClO/c1-8-7-12(13(14)5-6-15)11(4)10(3)9(8)2/h6-7,13H,5H2,1-4H3. The summed E-state index contributed by atoms with van der Waals surface area (Å²) in [6.45, 7) is 8.36. The van der Waals surface area contributed by atoms with E-state index in [0.717, 1.165) is 11.8 Å². The van der Waals surface area contributed by atoms with E-state index in [1.165, 1.54) is 22.3 Å². The molecule has 0 aliphatic heterocycles. The minimum Gasteiger partial charge on any atom is -0.303 e. The lowest BCUT2D eigenvalue weighted by atomic mass is 9.92. The monoisotopic (exact) mass is 224 g/mol. The highest BCUT2D eigenvalue weighted by atomic mass is 35.5. The average Bonchev–Trinajstić information content (AvgIpc) is 2.20. The summed E-state index contributed by atoms with van der Waals surface area (Å²) >= 11 is 6.18. The van der Waals surface area contributed by atoms with Gasteiger partial charge in [0.15, 0.2) is 0 Å². The number of benzene rings is 1. The number of hydrogen-bond acceptors (Lipinski definition) is 1. The van der Waals surface area contributed by atoms with E-state index in [2.05, 4.69) is 33.8 Å². The Morgan fingerprint density at radius 3 is 2.33 bits per heavy atom. The van der Waals surface area contributed by atoms with E-state index < -0.39 is 0 Å². The van der Waals surface area contributed by atoms with Gasteiger partial charge in [-0.2, -0.15) is 0 Å². The van der Waals surface area contributed by atoms with E-state index >= 15 is 0 Å². The smallest absolute Gasteiger partial charge is 0.121 e. The van der Waals surface area contributed by atoms with Gasteiger partial charge in [0.1, 0.15) is 6.29 Å². The van der Waals surface area contributed by atoms with Crippen LogP contribution in [-0.2, 0) is 4.79 Å². The van der Waals surface area contributed by atoms with Gasteiger partial charge < -0.3 is 4.79 Å². The van der Waals surface area contributed by atoms with Crippen molar-refractivity contribution in [2.24, 2.45) is 0 Å². The fourth-order valence-electron chi connectivity index (χ4n) is 1.78. The SMILES string of the molecule is Cc1cc(C(Cl)CC=O)c(C)c(C)c1C. The Hall–Kier alpha value is -0.820. The molecule has 0 saturated heterocycles. The topological polar surface area (TPSA) is 17.1 Å². The molecular formula is C13H17ClO. The highest BCUT2D eigenvalue weighted by Gasteiger charge is 2.13. The normalized spacial score (nSPS) is 12.6. The van der Waals surface area contributed by atoms with Crippen LogP contribution >= 0.6 is 11.6 Å². The first-order chi connectivity index (χ1) is 6.99. The van der Waals surface area contributed by atoms with Crippen LogP contribution < -0.4 is 0 Å². The summed E-state index contributed by atoms with van der Waals surface area (Å²) in [5, 5.41) is -0.194. The first-order valence-electron chi connectivity index (χ1n) is 5.14. The Bertz CT molecular complexity index is 383. The van der Waals surface area contributed by atoms with Gasteiger partial charge in [0.25, 0.3) is 0 Å². The van der Waals surface area contributed by atoms with Crippen molar-refractivity contribution in [1.82, 2.24) is 0 Å². The number of alkyl halides is 1. The minimum atomic E-state index is -0.194. The van der Waals surface area contributed by atoms with Gasteiger partial charge in [-0.25, -0.2) is 0 Å². The second kappa shape index (κ2) is 4.80. The Morgan fingerprint density at radius 2 is 1.80 bits per heavy atom. The summed E-state index contributed by atoms with van der Waals surface area (Å²) in [5.74, 6) is 0. The number of aldehydes is 1. The minimum absolute atomic E-state index is 0.194. The van der Waals surface area contributed by atoms with Crippen molar-refractivity contribution >= 4 is 17.9 Å². The van der Waals surface area contributed by atoms with Crippen molar-refractivity contribution in [1.29, 1.82) is 0 Å². The molecule has 0 aliphatic carbocycles. The van der Waals surface area contributed by atoms with Gasteiger partial charge in [-0.3, -0.25) is 0 Å². The predicted molar refractivity (Wildman–Crippen MR) is 64.7 cm³/mol. The predicted octanol–water partition coefficient (Wildman–Crippen LogP) is 3.79. The number of rotatable bonds is 3. The van der Waals surface area contributed by atoms with E-state index in [0.29, 0.717) is 6.42 Å². The van der Waals surface area contributed by atoms with Crippen molar-refractivity contribution in [2.45, 2.75) is 39.5 Å². The van der Waals surface area contributed by atoms with Gasteiger partial charge in [-0.05, 0) is 55.5 Å². The number of carbonyl (C=O) groups is 1. The lowest BCUT2D eigenvalue weighted by Crippen LogP contribution is -2.01. The molecule has 1 aromatic carbocycles. The van der Waals surface area contributed by atoms with Gasteiger partial charge in [0.05, 0.1) is 5.38 Å². The Balaban J connectivity index is 3.25. The molecule has 15 heavy (non-hydrogen) atoms. The largest absolute Gasteiger partial charge is 0.303 e. The molecule has 0 bridgehead atoms. The maximum absolute atomic E-state index is 10.5. The molecule has 0 radical (unpaired) electrons. The van der Waals surface area contributed by atoms with Crippen LogP contribution in [0.2, 0.25) is 0 Å². The van der Waals surface area contributed by atoms with E-state index in [4.69, 9.17) is 11.6 Å². The van der Waals surface area contributed by atoms with Gasteiger partial charge >= 0.3 is 0 Å². The first kappa shape index (κ1) is 12.3. The molecule has 0 spiro atoms. The van der Waals surface area contributed by atoms with Crippen LogP contribution in [0.25, 0.3) is 0 Å². The molecule has 0 N–H and O–H groups in total. The number of aryl methyl sites for hydroxylation is 1. The third-order valence-electron chi connectivity index (χ3n) is 3.16. The van der Waals surface area contributed by atoms with Crippen molar-refractivity contribution in [3.05, 3.63) is 33.9 Å². The summed E-state index contributed by atoms with van der Waals surface area (Å²) < 4.78 is 0. The van der Waals surface area contributed by atoms with Gasteiger partial charge in [-0.1, -0.05) is 6.07 Å². The van der Waals surface area contributed by atoms with Crippen LogP contribution in [0.15, 0.2) is 6.07 Å². The third kappa shape index (κ3) is 2.40. The Kier molecular flexibility index (Phi) is 3.92. The summed E-state index contributed by atoms with van der Waals surface area (Å²) in [6.07, 6.45) is 1.26. The van der Waals surface area contributed by atoms with Gasteiger partial charge in [0.2, 0.25) is 0 Å². The molecule has 82 valence electrons. The fraction of sp³-hybridized carbons (Fsp3) is 0.462. The molecule has 0 amide bonds. The summed E-state index contributed by atoms with van der Waals surface area (Å²) in [4.78, 5) is 10.5. The molecule has 0 fully saturated rings. The zero-order valence-electron chi connectivity index (χ0n) is 9.73.